The van der Waals surface area contributed by atoms with Crippen LogP contribution in [0, 0.1) is 0 Å². The lowest BCUT2D eigenvalue weighted by Gasteiger charge is -2.36. The fraction of sp³-hybridized carbons (Fsp3) is 0.559. The highest BCUT2D eigenvalue weighted by molar-refractivity contribution is 5.92. The van der Waals surface area contributed by atoms with Gasteiger partial charge < -0.3 is 24.7 Å². The lowest BCUT2D eigenvalue weighted by atomic mass is 9.87. The van der Waals surface area contributed by atoms with Gasteiger partial charge in [-0.1, -0.05) is 19.9 Å². The average molecular weight is 561 g/mol. The van der Waals surface area contributed by atoms with E-state index in [0.29, 0.717) is 30.5 Å². The van der Waals surface area contributed by atoms with Gasteiger partial charge in [0.15, 0.2) is 11.5 Å². The van der Waals surface area contributed by atoms with Crippen LogP contribution in [0.25, 0.3) is 22.2 Å². The SMILES string of the molecule is COc1ccc(-c2[nH]c3ccc(C4CCN(CC(=O)NC5CCN(C(C)C)CC5)CC4)cc3c2C(C)C)cc1OC. The molecule has 7 nitrogen and oxygen atoms in total. The number of H-pyrrole nitrogens is 1. The number of benzene rings is 2. The third-order valence-electron chi connectivity index (χ3n) is 9.16. The summed E-state index contributed by atoms with van der Waals surface area (Å²) in [5.74, 6) is 2.52. The Labute approximate surface area is 245 Å². The lowest BCUT2D eigenvalue weighted by Crippen LogP contribution is -2.49. The molecule has 2 aliphatic heterocycles. The van der Waals surface area contributed by atoms with Crippen molar-refractivity contribution in [1.82, 2.24) is 20.1 Å². The molecule has 41 heavy (non-hydrogen) atoms. The van der Waals surface area contributed by atoms with Crippen LogP contribution in [-0.4, -0.2) is 79.7 Å². The van der Waals surface area contributed by atoms with E-state index in [2.05, 4.69) is 78.1 Å². The summed E-state index contributed by atoms with van der Waals surface area (Å²) >= 11 is 0. The molecule has 3 heterocycles. The maximum atomic E-state index is 12.8. The molecule has 2 aliphatic rings. The monoisotopic (exact) mass is 560 g/mol. The number of piperidine rings is 2. The van der Waals surface area contributed by atoms with Crippen LogP contribution < -0.4 is 14.8 Å². The van der Waals surface area contributed by atoms with Crippen LogP contribution >= 0.6 is 0 Å². The maximum absolute atomic E-state index is 12.8. The van der Waals surface area contributed by atoms with Gasteiger partial charge in [-0.25, -0.2) is 0 Å². The molecule has 0 saturated carbocycles. The summed E-state index contributed by atoms with van der Waals surface area (Å²) in [7, 11) is 3.34. The highest BCUT2D eigenvalue weighted by atomic mass is 16.5. The van der Waals surface area contributed by atoms with Crippen LogP contribution in [0.3, 0.4) is 0 Å². The second-order valence-corrected chi connectivity index (χ2v) is 12.5. The van der Waals surface area contributed by atoms with Crippen LogP contribution in [0.1, 0.15) is 76.3 Å². The molecule has 0 radical (unpaired) electrons. The Morgan fingerprint density at radius 3 is 2.27 bits per heavy atom. The van der Waals surface area contributed by atoms with Crippen LogP contribution in [0.5, 0.6) is 11.5 Å². The Morgan fingerprint density at radius 2 is 1.63 bits per heavy atom. The summed E-state index contributed by atoms with van der Waals surface area (Å²) in [5, 5.41) is 4.61. The highest BCUT2D eigenvalue weighted by Crippen LogP contribution is 2.40. The number of nitrogens with one attached hydrogen (secondary N) is 2. The number of carbonyl (C=O) groups is 1. The van der Waals surface area contributed by atoms with Gasteiger partial charge in [0.05, 0.1) is 26.5 Å². The van der Waals surface area contributed by atoms with Crippen molar-refractivity contribution >= 4 is 16.8 Å². The first kappa shape index (κ1) is 29.5. The maximum Gasteiger partial charge on any atom is 0.234 e. The molecule has 1 amide bonds. The van der Waals surface area contributed by atoms with Crippen molar-refractivity contribution in [3.63, 3.8) is 0 Å². The van der Waals surface area contributed by atoms with E-state index in [4.69, 9.17) is 9.47 Å². The molecule has 0 bridgehead atoms. The Balaban J connectivity index is 1.23. The number of hydrogen-bond donors (Lipinski definition) is 2. The summed E-state index contributed by atoms with van der Waals surface area (Å²) in [5.41, 5.74) is 6.14. The number of nitrogens with zero attached hydrogens (tertiary/aromatic N) is 2. The van der Waals surface area contributed by atoms with E-state index in [1.165, 1.54) is 16.5 Å². The number of amides is 1. The minimum atomic E-state index is 0.185. The van der Waals surface area contributed by atoms with Gasteiger partial charge in [-0.2, -0.15) is 0 Å². The topological polar surface area (TPSA) is 69.8 Å². The van der Waals surface area contributed by atoms with E-state index in [9.17, 15) is 4.79 Å². The van der Waals surface area contributed by atoms with E-state index in [1.807, 2.05) is 6.07 Å². The molecule has 0 aliphatic carbocycles. The smallest absolute Gasteiger partial charge is 0.234 e. The number of hydrogen-bond acceptors (Lipinski definition) is 5. The summed E-state index contributed by atoms with van der Waals surface area (Å²) in [6.45, 7) is 13.6. The third kappa shape index (κ3) is 6.57. The minimum absolute atomic E-state index is 0.185. The average Bonchev–Trinajstić information content (AvgIpc) is 3.36. The number of methoxy groups -OCH3 is 2. The van der Waals surface area contributed by atoms with Gasteiger partial charge in [0.25, 0.3) is 0 Å². The number of fused-ring (bicyclic) bond motifs is 1. The van der Waals surface area contributed by atoms with E-state index >= 15 is 0 Å². The zero-order valence-electron chi connectivity index (χ0n) is 25.8. The van der Waals surface area contributed by atoms with Gasteiger partial charge in [-0.05, 0) is 106 Å². The van der Waals surface area contributed by atoms with Crippen molar-refractivity contribution in [2.45, 2.75) is 77.3 Å². The molecule has 2 fully saturated rings. The Bertz CT molecular complexity index is 1330. The number of carbonyl (C=O) groups excluding carboxylic acids is 1. The molecule has 222 valence electrons. The molecule has 5 rings (SSSR count). The van der Waals surface area contributed by atoms with E-state index < -0.39 is 0 Å². The number of aromatic nitrogens is 1. The summed E-state index contributed by atoms with van der Waals surface area (Å²) in [6, 6.07) is 14.0. The molecule has 2 aromatic carbocycles. The number of ether oxygens (including phenoxy) is 2. The molecule has 0 spiro atoms. The molecule has 1 aromatic heterocycles. The molecular weight excluding hydrogens is 512 g/mol. The Hall–Kier alpha value is -3.03. The zero-order valence-corrected chi connectivity index (χ0v) is 25.8. The summed E-state index contributed by atoms with van der Waals surface area (Å²) < 4.78 is 11.0. The minimum Gasteiger partial charge on any atom is -0.493 e. The Morgan fingerprint density at radius 1 is 0.927 bits per heavy atom. The van der Waals surface area contributed by atoms with Crippen molar-refractivity contribution in [3.8, 4) is 22.8 Å². The van der Waals surface area contributed by atoms with Crippen LogP contribution in [0.2, 0.25) is 0 Å². The van der Waals surface area contributed by atoms with Gasteiger partial charge >= 0.3 is 0 Å². The van der Waals surface area contributed by atoms with Crippen molar-refractivity contribution in [3.05, 3.63) is 47.5 Å². The molecular formula is C34H48N4O3. The second kappa shape index (κ2) is 12.9. The largest absolute Gasteiger partial charge is 0.493 e. The fourth-order valence-corrected chi connectivity index (χ4v) is 6.76. The molecule has 0 atom stereocenters. The lowest BCUT2D eigenvalue weighted by molar-refractivity contribution is -0.123. The van der Waals surface area contributed by atoms with Crippen LogP contribution in [0.4, 0.5) is 0 Å². The van der Waals surface area contributed by atoms with Gasteiger partial charge in [-0.15, -0.1) is 0 Å². The predicted molar refractivity (Wildman–Crippen MR) is 167 cm³/mol. The first-order valence-corrected chi connectivity index (χ1v) is 15.4. The van der Waals surface area contributed by atoms with Gasteiger partial charge in [0.1, 0.15) is 0 Å². The predicted octanol–water partition coefficient (Wildman–Crippen LogP) is 6.14. The molecule has 0 unspecified atom stereocenters. The second-order valence-electron chi connectivity index (χ2n) is 12.5. The molecule has 2 saturated heterocycles. The number of aromatic amines is 1. The first-order chi connectivity index (χ1) is 19.8. The number of likely N-dealkylation sites (tertiary alicyclic amines) is 2. The van der Waals surface area contributed by atoms with Crippen molar-refractivity contribution in [1.29, 1.82) is 0 Å². The normalized spacial score (nSPS) is 18.0. The summed E-state index contributed by atoms with van der Waals surface area (Å²) in [4.78, 5) is 21.3. The van der Waals surface area contributed by atoms with Gasteiger partial charge in [0, 0.05) is 41.6 Å². The highest BCUT2D eigenvalue weighted by Gasteiger charge is 2.26. The third-order valence-corrected chi connectivity index (χ3v) is 9.16. The van der Waals surface area contributed by atoms with Gasteiger partial charge in [0.2, 0.25) is 5.91 Å². The number of rotatable bonds is 9. The van der Waals surface area contributed by atoms with Crippen molar-refractivity contribution in [2.24, 2.45) is 0 Å². The fourth-order valence-electron chi connectivity index (χ4n) is 6.76. The molecule has 3 aromatic rings. The molecule has 2 N–H and O–H groups in total. The van der Waals surface area contributed by atoms with E-state index in [0.717, 1.165) is 80.1 Å². The quantitative estimate of drug-likeness (QED) is 0.329. The molecule has 7 heteroatoms. The first-order valence-electron chi connectivity index (χ1n) is 15.4. The standard InChI is InChI=1S/C34H48N4O3/c1-22(2)33-28-19-25(7-9-29(28)36-34(33)26-8-10-30(40-5)31(20-26)41-6)24-11-15-37(16-12-24)21-32(39)35-27-13-17-38(18-14-27)23(3)4/h7-10,19-20,22-24,27,36H,11-18,21H2,1-6H3,(H,35,39). The zero-order chi connectivity index (χ0) is 29.1. The van der Waals surface area contributed by atoms with Gasteiger partial charge in [-0.3, -0.25) is 9.69 Å². The van der Waals surface area contributed by atoms with Crippen molar-refractivity contribution < 1.29 is 14.3 Å². The Kier molecular flexibility index (Phi) is 9.25. The van der Waals surface area contributed by atoms with E-state index in [1.54, 1.807) is 14.2 Å². The van der Waals surface area contributed by atoms with Crippen LogP contribution in [0.15, 0.2) is 36.4 Å². The van der Waals surface area contributed by atoms with Crippen molar-refractivity contribution in [2.75, 3.05) is 46.9 Å². The summed E-state index contributed by atoms with van der Waals surface area (Å²) in [6.07, 6.45) is 4.27. The van der Waals surface area contributed by atoms with Crippen LogP contribution in [-0.2, 0) is 4.79 Å². The van der Waals surface area contributed by atoms with E-state index in [-0.39, 0.29) is 5.91 Å².